The molecule has 3 aromatic heterocycles. The molecule has 2 N–H and O–H groups in total. The summed E-state index contributed by atoms with van der Waals surface area (Å²) in [5, 5.41) is 6.40. The van der Waals surface area contributed by atoms with Gasteiger partial charge in [0.25, 0.3) is 0 Å². The molecule has 3 aromatic rings. The van der Waals surface area contributed by atoms with Crippen LogP contribution in [0.15, 0.2) is 30.0 Å². The molecule has 0 radical (unpaired) electrons. The number of nitrogen functional groups attached to an aromatic ring is 1. The zero-order valence-electron chi connectivity index (χ0n) is 11.5. The molecule has 6 nitrogen and oxygen atoms in total. The molecule has 4 heterocycles. The van der Waals surface area contributed by atoms with E-state index >= 15 is 0 Å². The van der Waals surface area contributed by atoms with E-state index in [0.717, 1.165) is 37.3 Å². The summed E-state index contributed by atoms with van der Waals surface area (Å²) in [5.41, 5.74) is 6.73. The number of nitrogens with two attached hydrogens (primary N) is 1. The van der Waals surface area contributed by atoms with Crippen molar-refractivity contribution in [2.75, 3.05) is 23.7 Å². The van der Waals surface area contributed by atoms with E-state index in [4.69, 9.17) is 5.73 Å². The van der Waals surface area contributed by atoms with Crippen LogP contribution in [0.3, 0.4) is 0 Å². The lowest BCUT2D eigenvalue weighted by Crippen LogP contribution is -2.35. The highest BCUT2D eigenvalue weighted by atomic mass is 32.1. The number of rotatable bonds is 2. The van der Waals surface area contributed by atoms with Crippen LogP contribution >= 0.6 is 11.3 Å². The fourth-order valence-electron chi connectivity index (χ4n) is 2.90. The molecule has 0 spiro atoms. The number of hydrogen-bond donors (Lipinski definition) is 1. The number of fused-ring (bicyclic) bond motifs is 1. The topological polar surface area (TPSA) is 72.9 Å². The highest BCUT2D eigenvalue weighted by molar-refractivity contribution is 7.17. The molecule has 0 bridgehead atoms. The highest BCUT2D eigenvalue weighted by Crippen LogP contribution is 2.31. The van der Waals surface area contributed by atoms with Gasteiger partial charge in [0.15, 0.2) is 0 Å². The van der Waals surface area contributed by atoms with E-state index in [2.05, 4.69) is 25.3 Å². The SMILES string of the molecule is Nc1ccn(C2CCN(c3ncnc4ccsc34)CC2)n1. The molecule has 108 valence electrons. The summed E-state index contributed by atoms with van der Waals surface area (Å²) in [6.45, 7) is 1.96. The Morgan fingerprint density at radius 2 is 2.05 bits per heavy atom. The number of nitrogens with zero attached hydrogens (tertiary/aromatic N) is 5. The van der Waals surface area contributed by atoms with E-state index < -0.39 is 0 Å². The monoisotopic (exact) mass is 300 g/mol. The summed E-state index contributed by atoms with van der Waals surface area (Å²) in [5.74, 6) is 1.65. The van der Waals surface area contributed by atoms with Crippen molar-refractivity contribution in [1.82, 2.24) is 19.7 Å². The quantitative estimate of drug-likeness (QED) is 0.786. The van der Waals surface area contributed by atoms with Crippen LogP contribution in [0.1, 0.15) is 18.9 Å². The maximum atomic E-state index is 5.70. The van der Waals surface area contributed by atoms with Crippen LogP contribution in [-0.4, -0.2) is 32.8 Å². The van der Waals surface area contributed by atoms with Crippen molar-refractivity contribution >= 4 is 33.2 Å². The molecule has 0 atom stereocenters. The predicted molar refractivity (Wildman–Crippen MR) is 84.5 cm³/mol. The maximum Gasteiger partial charge on any atom is 0.150 e. The lowest BCUT2D eigenvalue weighted by atomic mass is 10.1. The van der Waals surface area contributed by atoms with Gasteiger partial charge in [-0.3, -0.25) is 4.68 Å². The average molecular weight is 300 g/mol. The first kappa shape index (κ1) is 12.6. The fourth-order valence-corrected chi connectivity index (χ4v) is 3.76. The number of anilines is 2. The zero-order chi connectivity index (χ0) is 14.2. The Hall–Kier alpha value is -2.15. The van der Waals surface area contributed by atoms with Crippen molar-refractivity contribution in [3.05, 3.63) is 30.0 Å². The van der Waals surface area contributed by atoms with E-state index in [9.17, 15) is 0 Å². The molecule has 0 amide bonds. The van der Waals surface area contributed by atoms with Gasteiger partial charge < -0.3 is 10.6 Å². The van der Waals surface area contributed by atoms with Crippen LogP contribution in [0.25, 0.3) is 10.2 Å². The van der Waals surface area contributed by atoms with Crippen LogP contribution in [0.4, 0.5) is 11.6 Å². The van der Waals surface area contributed by atoms with Gasteiger partial charge >= 0.3 is 0 Å². The highest BCUT2D eigenvalue weighted by Gasteiger charge is 2.23. The average Bonchev–Trinajstić information content (AvgIpc) is 3.15. The first-order valence-corrected chi connectivity index (χ1v) is 7.93. The summed E-state index contributed by atoms with van der Waals surface area (Å²) in [6, 6.07) is 4.33. The molecule has 0 saturated carbocycles. The van der Waals surface area contributed by atoms with Crippen molar-refractivity contribution in [3.8, 4) is 0 Å². The molecule has 1 saturated heterocycles. The number of aromatic nitrogens is 4. The van der Waals surface area contributed by atoms with Gasteiger partial charge in [-0.25, -0.2) is 9.97 Å². The summed E-state index contributed by atoms with van der Waals surface area (Å²) in [4.78, 5) is 11.1. The van der Waals surface area contributed by atoms with Crippen LogP contribution < -0.4 is 10.6 Å². The van der Waals surface area contributed by atoms with E-state index in [0.29, 0.717) is 11.9 Å². The molecule has 21 heavy (non-hydrogen) atoms. The van der Waals surface area contributed by atoms with E-state index in [1.54, 1.807) is 17.7 Å². The van der Waals surface area contributed by atoms with Gasteiger partial charge in [0.2, 0.25) is 0 Å². The lowest BCUT2D eigenvalue weighted by molar-refractivity contribution is 0.367. The Kier molecular flexibility index (Phi) is 2.99. The Morgan fingerprint density at radius 3 is 2.81 bits per heavy atom. The molecule has 1 fully saturated rings. The Bertz CT molecular complexity index is 756. The second-order valence-electron chi connectivity index (χ2n) is 5.27. The van der Waals surface area contributed by atoms with Gasteiger partial charge in [0.05, 0.1) is 16.3 Å². The molecular formula is C14H16N6S. The second-order valence-corrected chi connectivity index (χ2v) is 6.19. The molecule has 0 aliphatic carbocycles. The molecular weight excluding hydrogens is 284 g/mol. The van der Waals surface area contributed by atoms with E-state index in [1.165, 1.54) is 4.70 Å². The zero-order valence-corrected chi connectivity index (χ0v) is 12.3. The van der Waals surface area contributed by atoms with Crippen molar-refractivity contribution in [2.45, 2.75) is 18.9 Å². The van der Waals surface area contributed by atoms with Crippen LogP contribution in [0.2, 0.25) is 0 Å². The Balaban J connectivity index is 1.53. The minimum Gasteiger partial charge on any atom is -0.382 e. The van der Waals surface area contributed by atoms with Crippen molar-refractivity contribution in [3.63, 3.8) is 0 Å². The van der Waals surface area contributed by atoms with Gasteiger partial charge in [-0.2, -0.15) is 5.10 Å². The normalized spacial score (nSPS) is 16.7. The van der Waals surface area contributed by atoms with E-state index in [1.807, 2.05) is 23.0 Å². The molecule has 0 unspecified atom stereocenters. The fraction of sp³-hybridized carbons (Fsp3) is 0.357. The summed E-state index contributed by atoms with van der Waals surface area (Å²) in [7, 11) is 0. The van der Waals surface area contributed by atoms with Crippen LogP contribution in [0, 0.1) is 0 Å². The molecule has 1 aliphatic heterocycles. The third-order valence-corrected chi connectivity index (χ3v) is 4.89. The number of thiophene rings is 1. The van der Waals surface area contributed by atoms with Crippen LogP contribution in [0.5, 0.6) is 0 Å². The first-order chi connectivity index (χ1) is 10.3. The maximum absolute atomic E-state index is 5.70. The number of hydrogen-bond acceptors (Lipinski definition) is 6. The summed E-state index contributed by atoms with van der Waals surface area (Å²) in [6.07, 6.45) is 5.73. The second kappa shape index (κ2) is 5.00. The largest absolute Gasteiger partial charge is 0.382 e. The van der Waals surface area contributed by atoms with Crippen molar-refractivity contribution in [2.24, 2.45) is 0 Å². The molecule has 0 aromatic carbocycles. The van der Waals surface area contributed by atoms with Crippen LogP contribution in [-0.2, 0) is 0 Å². The Labute approximate surface area is 126 Å². The molecule has 7 heteroatoms. The molecule has 1 aliphatic rings. The van der Waals surface area contributed by atoms with Gasteiger partial charge in [-0.05, 0) is 30.4 Å². The predicted octanol–water partition coefficient (Wildman–Crippen LogP) is 2.31. The third-order valence-electron chi connectivity index (χ3n) is 3.99. The lowest BCUT2D eigenvalue weighted by Gasteiger charge is -2.32. The summed E-state index contributed by atoms with van der Waals surface area (Å²) < 4.78 is 3.17. The standard InChI is InChI=1S/C14H16N6S/c15-12-3-7-20(18-12)10-1-5-19(6-2-10)14-13-11(4-8-21-13)16-9-17-14/h3-4,7-10H,1-2,5-6H2,(H2,15,18). The minimum absolute atomic E-state index is 0.430. The number of piperidine rings is 1. The van der Waals surface area contributed by atoms with Gasteiger partial charge in [0.1, 0.15) is 18.0 Å². The van der Waals surface area contributed by atoms with E-state index in [-0.39, 0.29) is 0 Å². The molecule has 4 rings (SSSR count). The smallest absolute Gasteiger partial charge is 0.150 e. The third kappa shape index (κ3) is 2.23. The Morgan fingerprint density at radius 1 is 1.19 bits per heavy atom. The summed E-state index contributed by atoms with van der Waals surface area (Å²) >= 11 is 1.71. The first-order valence-electron chi connectivity index (χ1n) is 7.05. The van der Waals surface area contributed by atoms with Gasteiger partial charge in [-0.15, -0.1) is 11.3 Å². The van der Waals surface area contributed by atoms with Gasteiger partial charge in [-0.1, -0.05) is 0 Å². The van der Waals surface area contributed by atoms with Crippen molar-refractivity contribution < 1.29 is 0 Å². The minimum atomic E-state index is 0.430. The van der Waals surface area contributed by atoms with Gasteiger partial charge in [0, 0.05) is 19.3 Å². The van der Waals surface area contributed by atoms with Crippen molar-refractivity contribution in [1.29, 1.82) is 0 Å².